The van der Waals surface area contributed by atoms with E-state index in [1.807, 2.05) is 6.92 Å². The van der Waals surface area contributed by atoms with Gasteiger partial charge in [-0.25, -0.2) is 4.39 Å². The highest BCUT2D eigenvalue weighted by Crippen LogP contribution is 2.25. The smallest absolute Gasteiger partial charge is 0.143 e. The number of aliphatic hydroxyl groups excluding tert-OH is 1. The summed E-state index contributed by atoms with van der Waals surface area (Å²) in [5.41, 5.74) is 1.76. The van der Waals surface area contributed by atoms with Gasteiger partial charge in [-0.15, -0.1) is 0 Å². The van der Waals surface area contributed by atoms with Gasteiger partial charge in [-0.2, -0.15) is 0 Å². The summed E-state index contributed by atoms with van der Waals surface area (Å²) in [6.45, 7) is 4.97. The first-order valence-electron chi connectivity index (χ1n) is 3.90. The molecule has 2 unspecified atom stereocenters. The highest BCUT2D eigenvalue weighted by molar-refractivity contribution is 5.26. The third-order valence-corrected chi connectivity index (χ3v) is 2.03. The maximum Gasteiger partial charge on any atom is 0.143 e. The minimum atomic E-state index is -1.30. The van der Waals surface area contributed by atoms with E-state index in [9.17, 15) is 9.50 Å². The van der Waals surface area contributed by atoms with E-state index in [1.165, 1.54) is 13.2 Å². The zero-order valence-corrected chi connectivity index (χ0v) is 7.47. The van der Waals surface area contributed by atoms with Crippen molar-refractivity contribution in [1.82, 2.24) is 0 Å². The molecule has 0 bridgehead atoms. The highest BCUT2D eigenvalue weighted by Gasteiger charge is 2.21. The minimum absolute atomic E-state index is 0.336. The van der Waals surface area contributed by atoms with Crippen LogP contribution in [0.4, 0.5) is 4.39 Å². The molecule has 0 saturated carbocycles. The summed E-state index contributed by atoms with van der Waals surface area (Å²) in [7, 11) is 0. The van der Waals surface area contributed by atoms with Gasteiger partial charge in [0.05, 0.1) is 6.26 Å². The summed E-state index contributed by atoms with van der Waals surface area (Å²) in [6, 6.07) is 0. The van der Waals surface area contributed by atoms with Crippen LogP contribution >= 0.6 is 0 Å². The second kappa shape index (κ2) is 3.27. The Morgan fingerprint density at radius 1 is 1.50 bits per heavy atom. The zero-order valence-electron chi connectivity index (χ0n) is 7.47. The third-order valence-electron chi connectivity index (χ3n) is 2.03. The first kappa shape index (κ1) is 9.26. The Labute approximate surface area is 71.0 Å². The Kier molecular flexibility index (Phi) is 2.52. The molecule has 0 saturated heterocycles. The molecule has 0 aromatic carbocycles. The fraction of sp³-hybridized carbons (Fsp3) is 0.556. The molecule has 2 nitrogen and oxygen atoms in total. The monoisotopic (exact) mass is 172 g/mol. The van der Waals surface area contributed by atoms with Gasteiger partial charge in [-0.3, -0.25) is 0 Å². The van der Waals surface area contributed by atoms with Crippen LogP contribution in [-0.4, -0.2) is 11.3 Å². The Hall–Kier alpha value is -0.830. The highest BCUT2D eigenvalue weighted by atomic mass is 19.1. The Balaban J connectivity index is 2.95. The standard InChI is InChI=1S/C9H13FO2/c1-5-4-12-9(6(5)2)8(11)7(3)10/h4,7-8,11H,1-3H3. The van der Waals surface area contributed by atoms with Crippen molar-refractivity contribution in [2.24, 2.45) is 0 Å². The van der Waals surface area contributed by atoms with Crippen LogP contribution in [0.25, 0.3) is 0 Å². The second-order valence-electron chi connectivity index (χ2n) is 3.03. The SMILES string of the molecule is Cc1coc(C(O)C(C)F)c1C. The molecule has 68 valence electrons. The Morgan fingerprint density at radius 3 is 2.42 bits per heavy atom. The van der Waals surface area contributed by atoms with Gasteiger partial charge in [-0.1, -0.05) is 0 Å². The number of rotatable bonds is 2. The summed E-state index contributed by atoms with van der Waals surface area (Å²) in [6.07, 6.45) is -0.913. The fourth-order valence-electron chi connectivity index (χ4n) is 1.02. The van der Waals surface area contributed by atoms with Crippen LogP contribution in [-0.2, 0) is 0 Å². The topological polar surface area (TPSA) is 33.4 Å². The average molecular weight is 172 g/mol. The van der Waals surface area contributed by atoms with Crippen molar-refractivity contribution < 1.29 is 13.9 Å². The van der Waals surface area contributed by atoms with E-state index in [-0.39, 0.29) is 0 Å². The van der Waals surface area contributed by atoms with Gasteiger partial charge in [0.2, 0.25) is 0 Å². The maximum atomic E-state index is 12.7. The number of aliphatic hydroxyl groups is 1. The predicted octanol–water partition coefficient (Wildman–Crippen LogP) is 2.29. The first-order valence-corrected chi connectivity index (χ1v) is 3.90. The second-order valence-corrected chi connectivity index (χ2v) is 3.03. The number of halogens is 1. The van der Waals surface area contributed by atoms with Gasteiger partial charge in [0, 0.05) is 0 Å². The molecule has 0 fully saturated rings. The molecule has 1 aromatic heterocycles. The molecule has 0 aliphatic heterocycles. The minimum Gasteiger partial charge on any atom is -0.466 e. The van der Waals surface area contributed by atoms with Crippen LogP contribution in [0.3, 0.4) is 0 Å². The molecule has 1 heterocycles. The lowest BCUT2D eigenvalue weighted by Gasteiger charge is -2.09. The van der Waals surface area contributed by atoms with Crippen LogP contribution in [0, 0.1) is 13.8 Å². The average Bonchev–Trinajstić information content (AvgIpc) is 2.32. The van der Waals surface area contributed by atoms with E-state index in [4.69, 9.17) is 4.42 Å². The molecule has 3 heteroatoms. The van der Waals surface area contributed by atoms with Crippen LogP contribution in [0.5, 0.6) is 0 Å². The maximum absolute atomic E-state index is 12.7. The van der Waals surface area contributed by atoms with Gasteiger partial charge < -0.3 is 9.52 Å². The van der Waals surface area contributed by atoms with Crippen LogP contribution < -0.4 is 0 Å². The molecule has 1 N–H and O–H groups in total. The summed E-state index contributed by atoms with van der Waals surface area (Å²) >= 11 is 0. The van der Waals surface area contributed by atoms with Crippen molar-refractivity contribution in [3.8, 4) is 0 Å². The van der Waals surface area contributed by atoms with E-state index >= 15 is 0 Å². The largest absolute Gasteiger partial charge is 0.466 e. The lowest BCUT2D eigenvalue weighted by atomic mass is 10.1. The van der Waals surface area contributed by atoms with Gasteiger partial charge in [0.25, 0.3) is 0 Å². The number of aryl methyl sites for hydroxylation is 1. The molecule has 0 amide bonds. The Morgan fingerprint density at radius 2 is 2.08 bits per heavy atom. The summed E-state index contributed by atoms with van der Waals surface area (Å²) < 4.78 is 17.7. The van der Waals surface area contributed by atoms with E-state index in [0.717, 1.165) is 11.1 Å². The molecule has 0 radical (unpaired) electrons. The molecule has 0 aliphatic rings. The molecule has 0 aliphatic carbocycles. The van der Waals surface area contributed by atoms with Crippen molar-refractivity contribution in [3.05, 3.63) is 23.2 Å². The zero-order chi connectivity index (χ0) is 9.30. The van der Waals surface area contributed by atoms with Gasteiger partial charge >= 0.3 is 0 Å². The van der Waals surface area contributed by atoms with Crippen molar-refractivity contribution in [1.29, 1.82) is 0 Å². The number of alkyl halides is 1. The van der Waals surface area contributed by atoms with E-state index in [0.29, 0.717) is 5.76 Å². The quantitative estimate of drug-likeness (QED) is 0.742. The van der Waals surface area contributed by atoms with Gasteiger partial charge in [-0.05, 0) is 31.9 Å². The summed E-state index contributed by atoms with van der Waals surface area (Å²) in [5.74, 6) is 0.336. The molecular weight excluding hydrogens is 159 g/mol. The lowest BCUT2D eigenvalue weighted by molar-refractivity contribution is 0.0684. The first-order chi connectivity index (χ1) is 5.54. The van der Waals surface area contributed by atoms with Crippen LogP contribution in [0.15, 0.2) is 10.7 Å². The molecular formula is C9H13FO2. The van der Waals surface area contributed by atoms with Crippen LogP contribution in [0.1, 0.15) is 29.9 Å². The molecule has 1 aromatic rings. The molecule has 0 spiro atoms. The van der Waals surface area contributed by atoms with Gasteiger partial charge in [0.1, 0.15) is 18.0 Å². The van der Waals surface area contributed by atoms with Crippen molar-refractivity contribution >= 4 is 0 Å². The third kappa shape index (κ3) is 1.50. The number of hydrogen-bond donors (Lipinski definition) is 1. The summed E-state index contributed by atoms with van der Waals surface area (Å²) in [4.78, 5) is 0. The van der Waals surface area contributed by atoms with Crippen molar-refractivity contribution in [2.45, 2.75) is 33.0 Å². The normalized spacial score (nSPS) is 16.1. The van der Waals surface area contributed by atoms with E-state index in [1.54, 1.807) is 6.92 Å². The fourth-order valence-corrected chi connectivity index (χ4v) is 1.02. The van der Waals surface area contributed by atoms with Gasteiger partial charge in [0.15, 0.2) is 0 Å². The van der Waals surface area contributed by atoms with Crippen molar-refractivity contribution in [3.63, 3.8) is 0 Å². The predicted molar refractivity (Wildman–Crippen MR) is 43.7 cm³/mol. The number of furan rings is 1. The summed E-state index contributed by atoms with van der Waals surface area (Å²) in [5, 5.41) is 9.32. The van der Waals surface area contributed by atoms with E-state index < -0.39 is 12.3 Å². The van der Waals surface area contributed by atoms with Crippen molar-refractivity contribution in [2.75, 3.05) is 0 Å². The molecule has 1 rings (SSSR count). The van der Waals surface area contributed by atoms with Crippen LogP contribution in [0.2, 0.25) is 0 Å². The molecule has 2 atom stereocenters. The number of hydrogen-bond acceptors (Lipinski definition) is 2. The Bertz CT molecular complexity index is 265. The van der Waals surface area contributed by atoms with E-state index in [2.05, 4.69) is 0 Å². The lowest BCUT2D eigenvalue weighted by Crippen LogP contribution is -2.09. The molecule has 12 heavy (non-hydrogen) atoms.